The molecule has 0 unspecified atom stereocenters. The Balaban J connectivity index is 0.000000135. The molecule has 6 aliphatic carbocycles. The van der Waals surface area contributed by atoms with Crippen LogP contribution in [0.4, 0.5) is 13.2 Å². The predicted octanol–water partition coefficient (Wildman–Crippen LogP) is 18.8. The molecule has 24 nitrogen and oxygen atoms in total. The summed E-state index contributed by atoms with van der Waals surface area (Å²) >= 11 is 9.34. The summed E-state index contributed by atoms with van der Waals surface area (Å²) in [5, 5.41) is 0.471. The molecule has 0 aliphatic heterocycles. The molecule has 0 amide bonds. The van der Waals surface area contributed by atoms with Gasteiger partial charge in [0.05, 0.1) is 39.6 Å². The fourth-order valence-corrected chi connectivity index (χ4v) is 16.5. The number of benzene rings is 6. The highest BCUT2D eigenvalue weighted by atomic mass is 79.9. The SMILES string of the molecule is CCOC(=O)C1=C(c2ccc[nH]2)Cc2c(F)cccc2C1=O.CCOC(=O)C1=C(c2ccc[nH]2)Cc2cc(F)ccc2C1=O.CCOC(=O)C1=C(c2ccc[nH]2)Cc2ccc(Br)cc2C1=O.CCOC(=O)C1=C(c2ccc[nH]2)Cc2ccc(C)cc2C1=O.CCOC(=O)C1=C(c2ccc[nH]2)Cc2ccc(Cl)cc2C1=O.CCOC(=O)C1=C(c2ccc[nH]2)Cc2ccc(F)cc2C1=O. The van der Waals surface area contributed by atoms with Crippen molar-refractivity contribution in [1.29, 1.82) is 0 Å². The number of fused-ring (bicyclic) bond motifs is 6. The summed E-state index contributed by atoms with van der Waals surface area (Å²) in [6.45, 7) is 13.4. The maximum atomic E-state index is 14.0. The number of carbonyl (C=O) groups is 12. The van der Waals surface area contributed by atoms with Crippen molar-refractivity contribution in [2.75, 3.05) is 39.6 Å². The van der Waals surface area contributed by atoms with E-state index in [-0.39, 0.29) is 108 Å². The van der Waals surface area contributed by atoms with Gasteiger partial charge in [-0.05, 0) is 249 Å². The average Bonchev–Trinajstić information content (AvgIpc) is 1.07. The predicted molar refractivity (Wildman–Crippen MR) is 490 cm³/mol. The number of aromatic amines is 6. The molecule has 0 fully saturated rings. The number of Topliss-reactive ketones (excluding diaryl/α,β-unsaturated/α-hetero) is 6. The number of aromatic nitrogens is 6. The number of esters is 6. The molecule has 6 N–H and O–H groups in total. The Bertz CT molecular complexity index is 6180. The van der Waals surface area contributed by atoms with Crippen molar-refractivity contribution in [1.82, 2.24) is 29.9 Å². The van der Waals surface area contributed by atoms with Gasteiger partial charge in [-0.3, -0.25) is 28.8 Å². The zero-order valence-corrected chi connectivity index (χ0v) is 74.9. The van der Waals surface area contributed by atoms with Crippen molar-refractivity contribution in [3.63, 3.8) is 0 Å². The number of aryl methyl sites for hydroxylation is 1. The highest BCUT2D eigenvalue weighted by Crippen LogP contribution is 2.41. The standard InChI is InChI=1S/C18H17NO3.C17H14BrNO3.C17H14ClNO3.3C17H14FNO3/c1-3-22-18(21)16-14(15-5-4-8-19-15)10-12-7-6-11(2)9-13(12)17(16)20;2*1-2-22-17(21)15-13(14-4-3-7-19-14)8-10-5-6-11(18)9-12(10)16(15)20;1-2-22-17(21)15-12(14-7-4-8-19-14)9-11-10(16(15)20)5-3-6-13(11)18;1-2-22-17(21)15-13(14-4-3-7-19-14)9-10-8-11(18)5-6-12(10)16(15)20;1-2-22-17(21)15-13(14-4-3-7-19-14)8-10-5-6-11(18)9-12(10)16(15)20/h4-9,19H,3,10H2,1-2H3;2*3-7,9,19H,2,8H2,1H3;2*3-8,19H,2,9H2,1H3;3-7,9,19H,2,8H2,1H3. The van der Waals surface area contributed by atoms with Gasteiger partial charge in [-0.2, -0.15) is 0 Å². The van der Waals surface area contributed by atoms with Crippen LogP contribution in [-0.4, -0.2) is 140 Å². The number of ketones is 6. The fourth-order valence-electron chi connectivity index (χ4n) is 16.0. The lowest BCUT2D eigenvalue weighted by Gasteiger charge is -2.21. The molecule has 0 saturated carbocycles. The smallest absolute Gasteiger partial charge is 0.342 e. The Kier molecular flexibility index (Phi) is 30.7. The molecule has 6 heterocycles. The van der Waals surface area contributed by atoms with Crippen LogP contribution < -0.4 is 0 Å². The van der Waals surface area contributed by atoms with Crippen LogP contribution in [0.3, 0.4) is 0 Å². The Labute approximate surface area is 768 Å². The number of ether oxygens (including phenoxy) is 6. The van der Waals surface area contributed by atoms with Crippen LogP contribution in [0.1, 0.15) is 177 Å². The second-order valence-electron chi connectivity index (χ2n) is 30.1. The number of hydrogen-bond donors (Lipinski definition) is 6. The van der Waals surface area contributed by atoms with Crippen LogP contribution in [-0.2, 0) is 95.7 Å². The first-order chi connectivity index (χ1) is 63.7. The van der Waals surface area contributed by atoms with Crippen LogP contribution in [0.2, 0.25) is 5.02 Å². The van der Waals surface area contributed by atoms with E-state index < -0.39 is 70.6 Å². The summed E-state index contributed by atoms with van der Waals surface area (Å²) in [7, 11) is 0. The first-order valence-electron chi connectivity index (χ1n) is 42.2. The molecule has 0 saturated heterocycles. The van der Waals surface area contributed by atoms with Crippen LogP contribution in [0.5, 0.6) is 0 Å². The Hall–Kier alpha value is -15.2. The van der Waals surface area contributed by atoms with Gasteiger partial charge in [-0.25, -0.2) is 41.9 Å². The number of hydrogen-bond acceptors (Lipinski definition) is 18. The summed E-state index contributed by atoms with van der Waals surface area (Å²) in [6, 6.07) is 50.5. The first kappa shape index (κ1) is 94.5. The largest absolute Gasteiger partial charge is 0.462 e. The summed E-state index contributed by atoms with van der Waals surface area (Å²) in [5.74, 6) is -7.36. The van der Waals surface area contributed by atoms with Crippen molar-refractivity contribution in [3.05, 3.63) is 386 Å². The van der Waals surface area contributed by atoms with Gasteiger partial charge in [0.2, 0.25) is 34.7 Å². The van der Waals surface area contributed by atoms with Crippen LogP contribution in [0.15, 0.2) is 257 Å². The average molecular weight is 1870 g/mol. The number of allylic oxidation sites excluding steroid dienone is 6. The molecular weight excluding hydrogens is 1780 g/mol. The normalized spacial score (nSPS) is 14.0. The second kappa shape index (κ2) is 42.8. The molecule has 132 heavy (non-hydrogen) atoms. The lowest BCUT2D eigenvalue weighted by molar-refractivity contribution is -0.139. The molecule has 6 aromatic heterocycles. The number of H-pyrrole nitrogens is 6. The van der Waals surface area contributed by atoms with E-state index in [2.05, 4.69) is 45.8 Å². The van der Waals surface area contributed by atoms with Crippen molar-refractivity contribution in [2.24, 2.45) is 0 Å². The molecular formula is C103H87BrClF3N6O18. The molecule has 0 radical (unpaired) electrons. The minimum absolute atomic E-state index is 0.0170. The summed E-state index contributed by atoms with van der Waals surface area (Å²) in [4.78, 5) is 168. The van der Waals surface area contributed by atoms with Gasteiger partial charge in [0.15, 0.2) is 0 Å². The number of rotatable bonds is 18. The van der Waals surface area contributed by atoms with Gasteiger partial charge in [0, 0.05) is 158 Å². The van der Waals surface area contributed by atoms with E-state index in [1.165, 1.54) is 48.5 Å². The zero-order valence-electron chi connectivity index (χ0n) is 72.5. The van der Waals surface area contributed by atoms with Gasteiger partial charge >= 0.3 is 35.8 Å². The van der Waals surface area contributed by atoms with Crippen molar-refractivity contribution < 1.29 is 99.1 Å². The third-order valence-electron chi connectivity index (χ3n) is 21.9. The molecule has 29 heteroatoms. The minimum atomic E-state index is -0.674. The topological polar surface area (TPSA) is 355 Å². The van der Waals surface area contributed by atoms with Crippen LogP contribution in [0.25, 0.3) is 33.4 Å². The highest BCUT2D eigenvalue weighted by Gasteiger charge is 2.40. The van der Waals surface area contributed by atoms with Gasteiger partial charge in [-0.15, -0.1) is 0 Å². The molecule has 672 valence electrons. The molecule has 0 bridgehead atoms. The Morgan fingerprint density at radius 3 is 0.947 bits per heavy atom. The van der Waals surface area contributed by atoms with E-state index in [0.29, 0.717) is 127 Å². The number of carbonyl (C=O) groups excluding carboxylic acids is 12. The van der Waals surface area contributed by atoms with Crippen LogP contribution in [0, 0.1) is 24.4 Å². The first-order valence-corrected chi connectivity index (χ1v) is 43.4. The summed E-state index contributed by atoms with van der Waals surface area (Å²) in [5.41, 5.74) is 15.9. The van der Waals surface area contributed by atoms with Crippen molar-refractivity contribution >= 4 is 131 Å². The molecule has 0 spiro atoms. The molecule has 18 rings (SSSR count). The van der Waals surface area contributed by atoms with E-state index in [4.69, 9.17) is 40.0 Å². The molecule has 6 aliphatic rings. The molecule has 12 aromatic rings. The minimum Gasteiger partial charge on any atom is -0.462 e. The summed E-state index contributed by atoms with van der Waals surface area (Å²) in [6.07, 6.45) is 12.8. The maximum absolute atomic E-state index is 14.0. The van der Waals surface area contributed by atoms with Crippen molar-refractivity contribution in [3.8, 4) is 0 Å². The van der Waals surface area contributed by atoms with E-state index in [1.54, 1.807) is 139 Å². The highest BCUT2D eigenvalue weighted by molar-refractivity contribution is 9.10. The number of halogens is 5. The van der Waals surface area contributed by atoms with Gasteiger partial charge in [0.25, 0.3) is 0 Å². The van der Waals surface area contributed by atoms with Gasteiger partial charge < -0.3 is 58.3 Å². The van der Waals surface area contributed by atoms with E-state index in [9.17, 15) is 70.7 Å². The van der Waals surface area contributed by atoms with Crippen LogP contribution >= 0.6 is 27.5 Å². The molecule has 6 aromatic carbocycles. The van der Waals surface area contributed by atoms with E-state index >= 15 is 0 Å². The second-order valence-corrected chi connectivity index (χ2v) is 31.5. The summed E-state index contributed by atoms with van der Waals surface area (Å²) < 4.78 is 72.0. The molecule has 0 atom stereocenters. The van der Waals surface area contributed by atoms with Gasteiger partial charge in [0.1, 0.15) is 50.9 Å². The third-order valence-corrected chi connectivity index (χ3v) is 22.6. The fraction of sp³-hybridized carbons (Fsp3) is 0.184. The Morgan fingerprint density at radius 1 is 0.303 bits per heavy atom. The number of nitrogens with one attached hydrogen (secondary N) is 6. The maximum Gasteiger partial charge on any atom is 0.342 e. The lowest BCUT2D eigenvalue weighted by Crippen LogP contribution is -2.24. The van der Waals surface area contributed by atoms with Crippen molar-refractivity contribution in [2.45, 2.75) is 87.0 Å². The van der Waals surface area contributed by atoms with Gasteiger partial charge in [-0.1, -0.05) is 75.6 Å². The third kappa shape index (κ3) is 20.7. The Morgan fingerprint density at radius 2 is 0.591 bits per heavy atom. The quantitative estimate of drug-likeness (QED) is 0.0264. The van der Waals surface area contributed by atoms with E-state index in [0.717, 1.165) is 43.8 Å². The lowest BCUT2D eigenvalue weighted by atomic mass is 9.83. The monoisotopic (exact) mass is 1870 g/mol. The van der Waals surface area contributed by atoms with E-state index in [1.807, 2.05) is 79.7 Å². The zero-order chi connectivity index (χ0) is 94.1.